The molecule has 7 heteroatoms. The number of imidazole rings is 1. The summed E-state index contributed by atoms with van der Waals surface area (Å²) in [4.78, 5) is 29.8. The maximum absolute atomic E-state index is 12.3. The monoisotopic (exact) mass is 327 g/mol. The van der Waals surface area contributed by atoms with E-state index in [1.165, 1.54) is 0 Å². The normalized spacial score (nSPS) is 13.9. The molecule has 2 heterocycles. The van der Waals surface area contributed by atoms with Crippen molar-refractivity contribution < 1.29 is 9.59 Å². The highest BCUT2D eigenvalue weighted by molar-refractivity contribution is 5.99. The van der Waals surface area contributed by atoms with Gasteiger partial charge in [0.2, 0.25) is 0 Å². The Morgan fingerprint density at radius 1 is 1.42 bits per heavy atom. The number of benzene rings is 1. The number of hydrogen-bond donors (Lipinski definition) is 2. The lowest BCUT2D eigenvalue weighted by Crippen LogP contribution is -2.29. The van der Waals surface area contributed by atoms with E-state index in [2.05, 4.69) is 15.6 Å². The molecule has 1 aromatic carbocycles. The van der Waals surface area contributed by atoms with Crippen LogP contribution in [0.1, 0.15) is 22.3 Å². The van der Waals surface area contributed by atoms with Crippen LogP contribution in [0.5, 0.6) is 0 Å². The summed E-state index contributed by atoms with van der Waals surface area (Å²) in [6, 6.07) is 5.33. The number of carbonyl (C=O) groups excluding carboxylic acids is 2. The lowest BCUT2D eigenvalue weighted by Gasteiger charge is -2.18. The fourth-order valence-corrected chi connectivity index (χ4v) is 2.73. The Labute approximate surface area is 140 Å². The zero-order chi connectivity index (χ0) is 16.9. The molecule has 3 rings (SSSR count). The fraction of sp³-hybridized carbons (Fsp3) is 0.353. The quantitative estimate of drug-likeness (QED) is 0.790. The average Bonchev–Trinajstić information content (AvgIpc) is 3.23. The van der Waals surface area contributed by atoms with Crippen molar-refractivity contribution in [2.75, 3.05) is 24.5 Å². The first-order valence-electron chi connectivity index (χ1n) is 8.05. The highest BCUT2D eigenvalue weighted by Gasteiger charge is 2.23. The summed E-state index contributed by atoms with van der Waals surface area (Å²) in [7, 11) is 0. The van der Waals surface area contributed by atoms with Crippen LogP contribution in [0.25, 0.3) is 0 Å². The number of amides is 3. The van der Waals surface area contributed by atoms with Crippen molar-refractivity contribution in [3.63, 3.8) is 0 Å². The zero-order valence-corrected chi connectivity index (χ0v) is 13.7. The van der Waals surface area contributed by atoms with Gasteiger partial charge in [-0.25, -0.2) is 9.78 Å². The van der Waals surface area contributed by atoms with E-state index in [4.69, 9.17) is 0 Å². The number of nitrogens with one attached hydrogen (secondary N) is 2. The van der Waals surface area contributed by atoms with Crippen LogP contribution in [0.15, 0.2) is 36.9 Å². The molecule has 1 aromatic heterocycles. The van der Waals surface area contributed by atoms with Crippen LogP contribution < -0.4 is 15.5 Å². The topological polar surface area (TPSA) is 79.3 Å². The minimum Gasteiger partial charge on any atom is -0.352 e. The molecule has 0 aliphatic carbocycles. The van der Waals surface area contributed by atoms with Crippen LogP contribution >= 0.6 is 0 Å². The first-order chi connectivity index (χ1) is 11.6. The third-order valence-electron chi connectivity index (χ3n) is 4.06. The molecule has 0 spiro atoms. The molecule has 2 aromatic rings. The molecule has 3 amide bonds. The van der Waals surface area contributed by atoms with E-state index >= 15 is 0 Å². The molecule has 0 bridgehead atoms. The van der Waals surface area contributed by atoms with E-state index in [0.717, 1.165) is 24.2 Å². The minimum absolute atomic E-state index is 0.115. The summed E-state index contributed by atoms with van der Waals surface area (Å²) in [5.74, 6) is -0.124. The van der Waals surface area contributed by atoms with Crippen molar-refractivity contribution in [1.82, 2.24) is 20.2 Å². The second kappa shape index (κ2) is 7.16. The third kappa shape index (κ3) is 3.56. The second-order valence-electron chi connectivity index (χ2n) is 5.79. The Kier molecular flexibility index (Phi) is 4.79. The van der Waals surface area contributed by atoms with Gasteiger partial charge in [0.15, 0.2) is 0 Å². The number of urea groups is 1. The Morgan fingerprint density at radius 2 is 2.29 bits per heavy atom. The molecule has 126 valence electrons. The van der Waals surface area contributed by atoms with Gasteiger partial charge in [-0.15, -0.1) is 0 Å². The van der Waals surface area contributed by atoms with E-state index in [1.807, 2.05) is 23.8 Å². The van der Waals surface area contributed by atoms with E-state index in [0.29, 0.717) is 25.2 Å². The summed E-state index contributed by atoms with van der Waals surface area (Å²) in [6.45, 7) is 4.59. The highest BCUT2D eigenvalue weighted by atomic mass is 16.2. The largest absolute Gasteiger partial charge is 0.352 e. The lowest BCUT2D eigenvalue weighted by molar-refractivity contribution is 0.0952. The van der Waals surface area contributed by atoms with Crippen molar-refractivity contribution in [3.8, 4) is 0 Å². The third-order valence-corrected chi connectivity index (χ3v) is 4.06. The highest BCUT2D eigenvalue weighted by Crippen LogP contribution is 2.23. The van der Waals surface area contributed by atoms with Crippen molar-refractivity contribution in [2.45, 2.75) is 19.9 Å². The summed E-state index contributed by atoms with van der Waals surface area (Å²) < 4.78 is 1.97. The molecular formula is C17H21N5O2. The number of anilines is 1. The van der Waals surface area contributed by atoms with Gasteiger partial charge in [0.25, 0.3) is 5.91 Å². The smallest absolute Gasteiger partial charge is 0.322 e. The summed E-state index contributed by atoms with van der Waals surface area (Å²) in [5, 5.41) is 5.70. The van der Waals surface area contributed by atoms with Gasteiger partial charge >= 0.3 is 6.03 Å². The summed E-state index contributed by atoms with van der Waals surface area (Å²) >= 11 is 0. The van der Waals surface area contributed by atoms with Gasteiger partial charge in [0, 0.05) is 49.8 Å². The molecule has 0 atom stereocenters. The molecule has 1 aliphatic rings. The molecule has 0 saturated carbocycles. The molecular weight excluding hydrogens is 306 g/mol. The van der Waals surface area contributed by atoms with Crippen molar-refractivity contribution >= 4 is 17.6 Å². The van der Waals surface area contributed by atoms with Crippen molar-refractivity contribution in [3.05, 3.63) is 48.0 Å². The average molecular weight is 327 g/mol. The Bertz CT molecular complexity index is 727. The van der Waals surface area contributed by atoms with Gasteiger partial charge in [0.1, 0.15) is 0 Å². The number of rotatable bonds is 6. The standard InChI is InChI=1S/C17H21N5O2/c1-13-3-4-14(11-15(13)22-10-7-20-17(22)24)16(23)19-5-2-8-21-9-6-18-12-21/h3-4,6,9,11-12H,2,5,7-8,10H2,1H3,(H,19,23)(H,20,24). The molecule has 7 nitrogen and oxygen atoms in total. The number of nitrogens with zero attached hydrogens (tertiary/aromatic N) is 3. The first-order valence-corrected chi connectivity index (χ1v) is 8.05. The molecule has 1 saturated heterocycles. The van der Waals surface area contributed by atoms with E-state index < -0.39 is 0 Å². The van der Waals surface area contributed by atoms with Crippen molar-refractivity contribution in [2.24, 2.45) is 0 Å². The van der Waals surface area contributed by atoms with Crippen LogP contribution in [-0.4, -0.2) is 41.1 Å². The zero-order valence-electron chi connectivity index (χ0n) is 13.7. The summed E-state index contributed by atoms with van der Waals surface area (Å²) in [6.07, 6.45) is 6.22. The van der Waals surface area contributed by atoms with Gasteiger partial charge < -0.3 is 15.2 Å². The minimum atomic E-state index is -0.124. The van der Waals surface area contributed by atoms with E-state index in [9.17, 15) is 9.59 Å². The van der Waals surface area contributed by atoms with Crippen molar-refractivity contribution in [1.29, 1.82) is 0 Å². The summed E-state index contributed by atoms with van der Waals surface area (Å²) in [5.41, 5.74) is 2.33. The van der Waals surface area contributed by atoms with Crippen LogP contribution in [0.2, 0.25) is 0 Å². The number of carbonyl (C=O) groups is 2. The maximum atomic E-state index is 12.3. The Hall–Kier alpha value is -2.83. The van der Waals surface area contributed by atoms with Crippen LogP contribution in [0, 0.1) is 6.92 Å². The van der Waals surface area contributed by atoms with Gasteiger partial charge in [-0.3, -0.25) is 9.69 Å². The van der Waals surface area contributed by atoms with Gasteiger partial charge in [-0.1, -0.05) is 6.07 Å². The molecule has 1 fully saturated rings. The molecule has 0 radical (unpaired) electrons. The van der Waals surface area contributed by atoms with Crippen LogP contribution in [0.3, 0.4) is 0 Å². The number of aryl methyl sites for hydroxylation is 2. The Balaban J connectivity index is 1.59. The predicted octanol–water partition coefficient (Wildman–Crippen LogP) is 1.54. The molecule has 24 heavy (non-hydrogen) atoms. The predicted molar refractivity (Wildman–Crippen MR) is 91.1 cm³/mol. The SMILES string of the molecule is Cc1ccc(C(=O)NCCCn2ccnc2)cc1N1CCNC1=O. The molecule has 0 unspecified atom stereocenters. The van der Waals surface area contributed by atoms with Gasteiger partial charge in [0.05, 0.1) is 6.33 Å². The van der Waals surface area contributed by atoms with Crippen LogP contribution in [0.4, 0.5) is 10.5 Å². The lowest BCUT2D eigenvalue weighted by atomic mass is 10.1. The van der Waals surface area contributed by atoms with Gasteiger partial charge in [-0.2, -0.15) is 0 Å². The van der Waals surface area contributed by atoms with E-state index in [1.54, 1.807) is 29.6 Å². The maximum Gasteiger partial charge on any atom is 0.322 e. The molecule has 1 aliphatic heterocycles. The fourth-order valence-electron chi connectivity index (χ4n) is 2.73. The number of aromatic nitrogens is 2. The van der Waals surface area contributed by atoms with Crippen LogP contribution in [-0.2, 0) is 6.54 Å². The van der Waals surface area contributed by atoms with E-state index in [-0.39, 0.29) is 11.9 Å². The first kappa shape index (κ1) is 16.0. The Morgan fingerprint density at radius 3 is 3.00 bits per heavy atom. The number of hydrogen-bond acceptors (Lipinski definition) is 3. The second-order valence-corrected chi connectivity index (χ2v) is 5.79. The molecule has 2 N–H and O–H groups in total. The van der Waals surface area contributed by atoms with Gasteiger partial charge in [-0.05, 0) is 31.0 Å².